The lowest BCUT2D eigenvalue weighted by Gasteiger charge is -2.58. The standard InChI is InChI=1S/C22H29N3O3/c26-4-3-25-13-24-18-8-17(1-2-19(18)25)21(28)23-12-20(27)22-9-14-5-15(10-22)7-16(6-14)11-22/h1-2,8,13-16,20,26-27H,3-7,9-12H2,(H,23,28)/t14?,15?,16?,20-,22?/m1/s1. The Morgan fingerprint density at radius 3 is 2.54 bits per heavy atom. The van der Waals surface area contributed by atoms with Gasteiger partial charge in [-0.1, -0.05) is 0 Å². The summed E-state index contributed by atoms with van der Waals surface area (Å²) in [5, 5.41) is 23.1. The van der Waals surface area contributed by atoms with E-state index in [1.807, 2.05) is 10.6 Å². The van der Waals surface area contributed by atoms with Gasteiger partial charge in [-0.3, -0.25) is 4.79 Å². The molecular formula is C22H29N3O3. The van der Waals surface area contributed by atoms with E-state index in [0.29, 0.717) is 18.7 Å². The molecule has 0 spiro atoms. The Hall–Kier alpha value is -1.92. The van der Waals surface area contributed by atoms with Crippen molar-refractivity contribution in [1.82, 2.24) is 14.9 Å². The van der Waals surface area contributed by atoms with Crippen LogP contribution < -0.4 is 5.32 Å². The van der Waals surface area contributed by atoms with Crippen LogP contribution in [0.3, 0.4) is 0 Å². The molecule has 3 N–H and O–H groups in total. The van der Waals surface area contributed by atoms with Gasteiger partial charge in [0.2, 0.25) is 0 Å². The third kappa shape index (κ3) is 3.03. The van der Waals surface area contributed by atoms with Crippen LogP contribution in [-0.4, -0.2) is 44.9 Å². The Morgan fingerprint density at radius 1 is 1.21 bits per heavy atom. The number of hydrogen-bond acceptors (Lipinski definition) is 4. The smallest absolute Gasteiger partial charge is 0.251 e. The summed E-state index contributed by atoms with van der Waals surface area (Å²) < 4.78 is 1.87. The fourth-order valence-corrected chi connectivity index (χ4v) is 6.58. The van der Waals surface area contributed by atoms with E-state index in [-0.39, 0.29) is 17.9 Å². The molecule has 0 saturated heterocycles. The Balaban J connectivity index is 1.25. The average Bonchev–Trinajstić information content (AvgIpc) is 3.07. The van der Waals surface area contributed by atoms with Crippen LogP contribution in [0.25, 0.3) is 11.0 Å². The zero-order chi connectivity index (χ0) is 19.3. The maximum absolute atomic E-state index is 12.7. The molecule has 28 heavy (non-hydrogen) atoms. The van der Waals surface area contributed by atoms with Crippen molar-refractivity contribution in [2.75, 3.05) is 13.2 Å². The number of aliphatic hydroxyl groups is 2. The summed E-state index contributed by atoms with van der Waals surface area (Å²) in [4.78, 5) is 17.0. The normalized spacial score (nSPS) is 32.0. The predicted molar refractivity (Wildman–Crippen MR) is 106 cm³/mol. The highest BCUT2D eigenvalue weighted by atomic mass is 16.3. The zero-order valence-corrected chi connectivity index (χ0v) is 16.2. The zero-order valence-electron chi connectivity index (χ0n) is 16.2. The Kier molecular flexibility index (Phi) is 4.43. The highest BCUT2D eigenvalue weighted by molar-refractivity contribution is 5.97. The minimum absolute atomic E-state index is 0.0229. The number of carbonyl (C=O) groups excluding carboxylic acids is 1. The first-order valence-electron chi connectivity index (χ1n) is 10.6. The highest BCUT2D eigenvalue weighted by Gasteiger charge is 2.53. The van der Waals surface area contributed by atoms with Gasteiger partial charge in [0.05, 0.1) is 30.1 Å². The average molecular weight is 383 g/mol. The van der Waals surface area contributed by atoms with Gasteiger partial charge in [-0.2, -0.15) is 0 Å². The largest absolute Gasteiger partial charge is 0.395 e. The number of imidazole rings is 1. The number of hydrogen-bond donors (Lipinski definition) is 3. The monoisotopic (exact) mass is 383 g/mol. The Morgan fingerprint density at radius 2 is 1.89 bits per heavy atom. The lowest BCUT2D eigenvalue weighted by Crippen LogP contribution is -2.54. The van der Waals surface area contributed by atoms with Crippen molar-refractivity contribution in [1.29, 1.82) is 0 Å². The molecule has 4 aliphatic rings. The van der Waals surface area contributed by atoms with E-state index < -0.39 is 6.10 Å². The molecular weight excluding hydrogens is 354 g/mol. The van der Waals surface area contributed by atoms with Crippen molar-refractivity contribution in [2.45, 2.75) is 51.2 Å². The van der Waals surface area contributed by atoms with Gasteiger partial charge in [0, 0.05) is 18.7 Å². The van der Waals surface area contributed by atoms with Crippen molar-refractivity contribution in [3.63, 3.8) is 0 Å². The second-order valence-electron chi connectivity index (χ2n) is 9.37. The number of nitrogens with zero attached hydrogens (tertiary/aromatic N) is 2. The molecule has 1 atom stereocenters. The van der Waals surface area contributed by atoms with E-state index in [9.17, 15) is 9.90 Å². The fraction of sp³-hybridized carbons (Fsp3) is 0.636. The van der Waals surface area contributed by atoms with Crippen LogP contribution in [0.2, 0.25) is 0 Å². The van der Waals surface area contributed by atoms with Crippen molar-refractivity contribution in [3.05, 3.63) is 30.1 Å². The molecule has 4 fully saturated rings. The van der Waals surface area contributed by atoms with Crippen LogP contribution in [0.15, 0.2) is 24.5 Å². The number of nitrogens with one attached hydrogen (secondary N) is 1. The molecule has 6 heteroatoms. The Bertz CT molecular complexity index is 855. The molecule has 1 amide bonds. The van der Waals surface area contributed by atoms with Gasteiger partial charge in [-0.15, -0.1) is 0 Å². The third-order valence-corrected chi connectivity index (χ3v) is 7.47. The van der Waals surface area contributed by atoms with Crippen LogP contribution >= 0.6 is 0 Å². The lowest BCUT2D eigenvalue weighted by atomic mass is 9.48. The summed E-state index contributed by atoms with van der Waals surface area (Å²) in [6.45, 7) is 0.858. The van der Waals surface area contributed by atoms with Gasteiger partial charge in [0.25, 0.3) is 5.91 Å². The van der Waals surface area contributed by atoms with E-state index in [4.69, 9.17) is 5.11 Å². The summed E-state index contributed by atoms with van der Waals surface area (Å²) in [6, 6.07) is 5.42. The molecule has 150 valence electrons. The number of rotatable bonds is 6. The molecule has 4 saturated carbocycles. The van der Waals surface area contributed by atoms with Crippen molar-refractivity contribution < 1.29 is 15.0 Å². The quantitative estimate of drug-likeness (QED) is 0.714. The second kappa shape index (κ2) is 6.85. The van der Waals surface area contributed by atoms with Gasteiger partial charge >= 0.3 is 0 Å². The topological polar surface area (TPSA) is 87.4 Å². The minimum atomic E-state index is -0.461. The fourth-order valence-electron chi connectivity index (χ4n) is 6.58. The number of benzene rings is 1. The number of aromatic nitrogens is 2. The van der Waals surface area contributed by atoms with Crippen LogP contribution in [-0.2, 0) is 6.54 Å². The van der Waals surface area contributed by atoms with Gasteiger partial charge in [0.1, 0.15) is 0 Å². The van der Waals surface area contributed by atoms with E-state index in [1.165, 1.54) is 19.3 Å². The first kappa shape index (κ1) is 18.1. The molecule has 2 aromatic rings. The maximum atomic E-state index is 12.7. The predicted octanol–water partition coefficient (Wildman–Crippen LogP) is 2.34. The molecule has 4 bridgehead atoms. The summed E-state index contributed by atoms with van der Waals surface area (Å²) in [5.74, 6) is 2.19. The van der Waals surface area contributed by atoms with Gasteiger partial charge < -0.3 is 20.1 Å². The molecule has 1 aromatic heterocycles. The number of amides is 1. The highest BCUT2D eigenvalue weighted by Crippen LogP contribution is 2.61. The van der Waals surface area contributed by atoms with E-state index in [1.54, 1.807) is 18.5 Å². The molecule has 4 aliphatic carbocycles. The van der Waals surface area contributed by atoms with Crippen LogP contribution in [0.5, 0.6) is 0 Å². The molecule has 1 heterocycles. The molecule has 6 rings (SSSR count). The summed E-state index contributed by atoms with van der Waals surface area (Å²) in [6.07, 6.45) is 8.65. The van der Waals surface area contributed by atoms with Crippen LogP contribution in [0.4, 0.5) is 0 Å². The van der Waals surface area contributed by atoms with Crippen molar-refractivity contribution in [2.24, 2.45) is 23.2 Å². The van der Waals surface area contributed by atoms with E-state index >= 15 is 0 Å². The van der Waals surface area contributed by atoms with Crippen molar-refractivity contribution >= 4 is 16.9 Å². The lowest BCUT2D eigenvalue weighted by molar-refractivity contribution is -0.118. The molecule has 1 aromatic carbocycles. The minimum Gasteiger partial charge on any atom is -0.395 e. The van der Waals surface area contributed by atoms with E-state index in [2.05, 4.69) is 10.3 Å². The summed E-state index contributed by atoms with van der Waals surface area (Å²) in [7, 11) is 0. The van der Waals surface area contributed by atoms with Crippen LogP contribution in [0.1, 0.15) is 48.9 Å². The SMILES string of the molecule is O=C(NC[C@@H](O)C12CC3CC(CC(C3)C1)C2)c1ccc2c(c1)ncn2CCO. The van der Waals surface area contributed by atoms with Crippen LogP contribution in [0, 0.1) is 23.2 Å². The molecule has 0 radical (unpaired) electrons. The Labute approximate surface area is 165 Å². The first-order chi connectivity index (χ1) is 13.6. The number of fused-ring (bicyclic) bond motifs is 1. The van der Waals surface area contributed by atoms with Gasteiger partial charge in [0.15, 0.2) is 0 Å². The summed E-state index contributed by atoms with van der Waals surface area (Å²) >= 11 is 0. The van der Waals surface area contributed by atoms with Gasteiger partial charge in [-0.05, 0) is 79.9 Å². The third-order valence-electron chi connectivity index (χ3n) is 7.47. The first-order valence-corrected chi connectivity index (χ1v) is 10.6. The van der Waals surface area contributed by atoms with E-state index in [0.717, 1.165) is 48.0 Å². The maximum Gasteiger partial charge on any atom is 0.251 e. The number of carbonyl (C=O) groups is 1. The van der Waals surface area contributed by atoms with Crippen molar-refractivity contribution in [3.8, 4) is 0 Å². The molecule has 0 aliphatic heterocycles. The summed E-state index contributed by atoms with van der Waals surface area (Å²) in [5.41, 5.74) is 2.22. The number of aliphatic hydroxyl groups excluding tert-OH is 2. The molecule has 0 unspecified atom stereocenters. The second-order valence-corrected chi connectivity index (χ2v) is 9.37. The van der Waals surface area contributed by atoms with Gasteiger partial charge in [-0.25, -0.2) is 4.98 Å². The molecule has 6 nitrogen and oxygen atoms in total.